The van der Waals surface area contributed by atoms with Crippen molar-refractivity contribution in [3.63, 3.8) is 0 Å². The number of carbonyl (C=O) groups is 4. The van der Waals surface area contributed by atoms with Gasteiger partial charge in [0.15, 0.2) is 16.4 Å². The Morgan fingerprint density at radius 2 is 1.88 bits per heavy atom. The largest absolute Gasteiger partial charge is 0.454 e. The van der Waals surface area contributed by atoms with Crippen molar-refractivity contribution in [3.8, 4) is 0 Å². The smallest absolute Gasteiger partial charge is 0.326 e. The lowest BCUT2D eigenvalue weighted by Gasteiger charge is -2.34. The zero-order valence-electron chi connectivity index (χ0n) is 19.5. The van der Waals surface area contributed by atoms with Gasteiger partial charge < -0.3 is 15.0 Å². The van der Waals surface area contributed by atoms with Crippen molar-refractivity contribution in [2.75, 3.05) is 31.2 Å². The Balaban J connectivity index is 1.54. The van der Waals surface area contributed by atoms with Gasteiger partial charge in [0.25, 0.3) is 11.8 Å². The zero-order chi connectivity index (χ0) is 24.2. The maximum absolute atomic E-state index is 12.9. The molecule has 186 valence electrons. The standard InChI is InChI=1S/C22H35N3O7S/c1-3-5-11-24(17-8-12-33(30,31)15-17)18(26)14-32-19(27)13-25-20(28)22(23-21(25)29)9-6-16(4-2)7-10-22/h16-17H,3-15H2,1-2H3,(H,23,29). The van der Waals surface area contributed by atoms with Crippen LogP contribution in [-0.2, 0) is 29.0 Å². The molecular formula is C22H35N3O7S. The number of rotatable bonds is 9. The van der Waals surface area contributed by atoms with E-state index in [1.54, 1.807) is 0 Å². The van der Waals surface area contributed by atoms with E-state index in [0.717, 1.165) is 30.6 Å². The molecule has 4 amide bonds. The Morgan fingerprint density at radius 1 is 1.18 bits per heavy atom. The summed E-state index contributed by atoms with van der Waals surface area (Å²) in [6.45, 7) is 3.36. The first-order valence-electron chi connectivity index (χ1n) is 11.9. The molecule has 0 radical (unpaired) electrons. The molecule has 1 aliphatic carbocycles. The molecule has 1 atom stereocenters. The molecule has 2 heterocycles. The number of nitrogens with zero attached hydrogens (tertiary/aromatic N) is 2. The van der Waals surface area contributed by atoms with Gasteiger partial charge in [0.05, 0.1) is 11.5 Å². The van der Waals surface area contributed by atoms with Gasteiger partial charge in [-0.3, -0.25) is 19.3 Å². The number of imide groups is 1. The SMILES string of the molecule is CCCCN(C(=O)COC(=O)CN1C(=O)NC2(CCC(CC)CC2)C1=O)C1CCS(=O)(=O)C1. The molecule has 0 aromatic heterocycles. The molecule has 1 N–H and O–H groups in total. The van der Waals surface area contributed by atoms with E-state index in [0.29, 0.717) is 38.1 Å². The van der Waals surface area contributed by atoms with Crippen molar-refractivity contribution >= 4 is 33.7 Å². The molecule has 0 aromatic rings. The van der Waals surface area contributed by atoms with Crippen molar-refractivity contribution in [1.29, 1.82) is 0 Å². The van der Waals surface area contributed by atoms with E-state index in [9.17, 15) is 27.6 Å². The van der Waals surface area contributed by atoms with Crippen molar-refractivity contribution in [1.82, 2.24) is 15.1 Å². The molecule has 10 nitrogen and oxygen atoms in total. The predicted molar refractivity (Wildman–Crippen MR) is 120 cm³/mol. The first kappa shape index (κ1) is 25.5. The summed E-state index contributed by atoms with van der Waals surface area (Å²) in [6, 6.07) is -1.03. The van der Waals surface area contributed by atoms with Gasteiger partial charge in [-0.15, -0.1) is 0 Å². The molecule has 3 aliphatic rings. The third-order valence-corrected chi connectivity index (χ3v) is 8.90. The van der Waals surface area contributed by atoms with Crippen LogP contribution >= 0.6 is 0 Å². The summed E-state index contributed by atoms with van der Waals surface area (Å²) >= 11 is 0. The average molecular weight is 486 g/mol. The Labute approximate surface area is 195 Å². The van der Waals surface area contributed by atoms with Crippen molar-refractivity contribution in [2.24, 2.45) is 5.92 Å². The lowest BCUT2D eigenvalue weighted by Crippen LogP contribution is -2.49. The van der Waals surface area contributed by atoms with Crippen LogP contribution in [0.25, 0.3) is 0 Å². The third kappa shape index (κ3) is 5.85. The fourth-order valence-corrected chi connectivity index (χ4v) is 6.73. The molecule has 0 aromatic carbocycles. The lowest BCUT2D eigenvalue weighted by atomic mass is 9.75. The molecule has 2 aliphatic heterocycles. The highest BCUT2D eigenvalue weighted by molar-refractivity contribution is 7.91. The first-order chi connectivity index (χ1) is 15.6. The quantitative estimate of drug-likeness (QED) is 0.384. The van der Waals surface area contributed by atoms with E-state index in [-0.39, 0.29) is 11.5 Å². The molecule has 33 heavy (non-hydrogen) atoms. The number of carbonyl (C=O) groups excluding carboxylic acids is 4. The minimum atomic E-state index is -3.17. The minimum Gasteiger partial charge on any atom is -0.454 e. The van der Waals surface area contributed by atoms with Gasteiger partial charge in [0, 0.05) is 12.6 Å². The molecule has 11 heteroatoms. The monoisotopic (exact) mass is 485 g/mol. The van der Waals surface area contributed by atoms with Crippen LogP contribution in [0.2, 0.25) is 0 Å². The molecule has 1 saturated carbocycles. The zero-order valence-corrected chi connectivity index (χ0v) is 20.3. The Bertz CT molecular complexity index is 880. The summed E-state index contributed by atoms with van der Waals surface area (Å²) in [4.78, 5) is 52.8. The fourth-order valence-electron chi connectivity index (χ4n) is 5.00. The molecule has 2 saturated heterocycles. The van der Waals surface area contributed by atoms with Crippen LogP contribution in [0.5, 0.6) is 0 Å². The Morgan fingerprint density at radius 3 is 2.45 bits per heavy atom. The summed E-state index contributed by atoms with van der Waals surface area (Å²) in [7, 11) is -3.17. The number of sulfone groups is 1. The van der Waals surface area contributed by atoms with Crippen LogP contribution < -0.4 is 5.32 Å². The Kier molecular flexibility index (Phi) is 8.02. The van der Waals surface area contributed by atoms with Gasteiger partial charge >= 0.3 is 12.0 Å². The maximum atomic E-state index is 12.9. The van der Waals surface area contributed by atoms with Gasteiger partial charge in [-0.05, 0) is 44.4 Å². The summed E-state index contributed by atoms with van der Waals surface area (Å²) in [6.07, 6.45) is 5.74. The number of hydrogen-bond donors (Lipinski definition) is 1. The highest BCUT2D eigenvalue weighted by Gasteiger charge is 2.52. The fraction of sp³-hybridized carbons (Fsp3) is 0.818. The van der Waals surface area contributed by atoms with Gasteiger partial charge in [-0.1, -0.05) is 26.7 Å². The maximum Gasteiger partial charge on any atom is 0.326 e. The van der Waals surface area contributed by atoms with Crippen LogP contribution in [0, 0.1) is 5.92 Å². The van der Waals surface area contributed by atoms with E-state index < -0.39 is 58.4 Å². The van der Waals surface area contributed by atoms with E-state index in [1.165, 1.54) is 4.90 Å². The lowest BCUT2D eigenvalue weighted by molar-refractivity contribution is -0.154. The minimum absolute atomic E-state index is 0.0420. The molecule has 3 rings (SSSR count). The highest BCUT2D eigenvalue weighted by atomic mass is 32.2. The molecule has 3 fully saturated rings. The average Bonchev–Trinajstić information content (AvgIpc) is 3.24. The van der Waals surface area contributed by atoms with Crippen LogP contribution in [0.15, 0.2) is 0 Å². The number of ether oxygens (including phenoxy) is 1. The number of urea groups is 1. The molecule has 1 unspecified atom stereocenters. The van der Waals surface area contributed by atoms with Crippen LogP contribution in [0.3, 0.4) is 0 Å². The van der Waals surface area contributed by atoms with E-state index >= 15 is 0 Å². The van der Waals surface area contributed by atoms with Gasteiger partial charge in [0.1, 0.15) is 12.1 Å². The van der Waals surface area contributed by atoms with Gasteiger partial charge in [-0.2, -0.15) is 0 Å². The number of nitrogens with one attached hydrogen (secondary N) is 1. The van der Waals surface area contributed by atoms with E-state index in [2.05, 4.69) is 12.2 Å². The van der Waals surface area contributed by atoms with Crippen molar-refractivity contribution < 1.29 is 32.3 Å². The van der Waals surface area contributed by atoms with Gasteiger partial charge in [0.2, 0.25) is 0 Å². The van der Waals surface area contributed by atoms with Gasteiger partial charge in [-0.25, -0.2) is 13.2 Å². The summed E-state index contributed by atoms with van der Waals surface area (Å²) in [5.74, 6) is -1.23. The van der Waals surface area contributed by atoms with Crippen molar-refractivity contribution in [3.05, 3.63) is 0 Å². The number of hydrogen-bond acceptors (Lipinski definition) is 7. The van der Waals surface area contributed by atoms with Crippen LogP contribution in [0.1, 0.15) is 65.2 Å². The number of unbranched alkanes of at least 4 members (excludes halogenated alkanes) is 1. The highest BCUT2D eigenvalue weighted by Crippen LogP contribution is 2.37. The second-order valence-corrected chi connectivity index (χ2v) is 11.6. The Hall–Kier alpha value is -2.17. The summed E-state index contributed by atoms with van der Waals surface area (Å²) < 4.78 is 28.7. The summed E-state index contributed by atoms with van der Waals surface area (Å²) in [5.41, 5.74) is -0.941. The second kappa shape index (κ2) is 10.4. The summed E-state index contributed by atoms with van der Waals surface area (Å²) in [5, 5.41) is 2.77. The van der Waals surface area contributed by atoms with Crippen LogP contribution in [-0.4, -0.2) is 84.8 Å². The topological polar surface area (TPSA) is 130 Å². The predicted octanol–water partition coefficient (Wildman–Crippen LogP) is 1.24. The molecule has 0 bridgehead atoms. The van der Waals surface area contributed by atoms with Crippen molar-refractivity contribution in [2.45, 2.75) is 76.8 Å². The van der Waals surface area contributed by atoms with Crippen LogP contribution in [0.4, 0.5) is 4.79 Å². The normalized spacial score (nSPS) is 28.7. The molecule has 1 spiro atoms. The second-order valence-electron chi connectivity index (χ2n) is 9.41. The van der Waals surface area contributed by atoms with E-state index in [4.69, 9.17) is 4.74 Å². The van der Waals surface area contributed by atoms with E-state index in [1.807, 2.05) is 6.92 Å². The third-order valence-electron chi connectivity index (χ3n) is 7.15. The molecular weight excluding hydrogens is 450 g/mol. The first-order valence-corrected chi connectivity index (χ1v) is 13.7. The number of amides is 4. The number of esters is 1.